The molecule has 0 atom stereocenters. The van der Waals surface area contributed by atoms with E-state index in [9.17, 15) is 0 Å². The second-order valence-electron chi connectivity index (χ2n) is 6.07. The van der Waals surface area contributed by atoms with E-state index in [0.29, 0.717) is 5.41 Å². The first kappa shape index (κ1) is 19.1. The summed E-state index contributed by atoms with van der Waals surface area (Å²) in [5, 5.41) is 0. The largest absolute Gasteiger partial charge is 0.500 e. The summed E-state index contributed by atoms with van der Waals surface area (Å²) in [6.07, 6.45) is 5.25. The molecule has 0 aliphatic carbocycles. The minimum absolute atomic E-state index is 0.332. The van der Waals surface area contributed by atoms with Crippen LogP contribution in [0.5, 0.6) is 0 Å². The molecule has 1 fully saturated rings. The second kappa shape index (κ2) is 9.95. The van der Waals surface area contributed by atoms with Crippen LogP contribution < -0.4 is 0 Å². The van der Waals surface area contributed by atoms with Gasteiger partial charge in [0.2, 0.25) is 0 Å². The summed E-state index contributed by atoms with van der Waals surface area (Å²) in [4.78, 5) is 0. The van der Waals surface area contributed by atoms with Crippen LogP contribution >= 0.6 is 0 Å². The third-order valence-electron chi connectivity index (χ3n) is 4.11. The quantitative estimate of drug-likeness (QED) is 0.481. The first-order valence-electron chi connectivity index (χ1n) is 8.65. The minimum atomic E-state index is -2.52. The van der Waals surface area contributed by atoms with Crippen molar-refractivity contribution in [1.82, 2.24) is 0 Å². The molecular weight excluding hydrogens is 284 g/mol. The van der Waals surface area contributed by atoms with Crippen molar-refractivity contribution >= 4 is 8.80 Å². The molecule has 126 valence electrons. The molecule has 0 bridgehead atoms. The third kappa shape index (κ3) is 5.98. The van der Waals surface area contributed by atoms with Gasteiger partial charge >= 0.3 is 8.80 Å². The lowest BCUT2D eigenvalue weighted by Crippen LogP contribution is -2.50. The van der Waals surface area contributed by atoms with E-state index in [1.165, 1.54) is 0 Å². The predicted octanol–water partition coefficient (Wildman–Crippen LogP) is 4.02. The molecule has 0 aromatic heterocycles. The molecule has 0 saturated carbocycles. The first-order valence-corrected chi connectivity index (χ1v) is 10.6. The summed E-state index contributed by atoms with van der Waals surface area (Å²) in [6, 6.07) is 0.921. The molecule has 0 aromatic rings. The van der Waals surface area contributed by atoms with Gasteiger partial charge in [-0.3, -0.25) is 0 Å². The molecule has 5 heteroatoms. The molecule has 0 aromatic carbocycles. The lowest BCUT2D eigenvalue weighted by molar-refractivity contribution is -0.118. The predicted molar refractivity (Wildman–Crippen MR) is 87.5 cm³/mol. The summed E-state index contributed by atoms with van der Waals surface area (Å²) in [7, 11) is -2.52. The van der Waals surface area contributed by atoms with Crippen molar-refractivity contribution in [1.29, 1.82) is 0 Å². The zero-order valence-electron chi connectivity index (χ0n) is 14.4. The Morgan fingerprint density at radius 3 is 1.62 bits per heavy atom. The highest BCUT2D eigenvalue weighted by Gasteiger charge is 2.45. The maximum atomic E-state index is 6.15. The monoisotopic (exact) mass is 318 g/mol. The molecule has 1 aliphatic rings. The zero-order chi connectivity index (χ0) is 15.6. The summed E-state index contributed by atoms with van der Waals surface area (Å²) in [5.74, 6) is 0. The van der Waals surface area contributed by atoms with Crippen molar-refractivity contribution in [2.45, 2.75) is 65.8 Å². The van der Waals surface area contributed by atoms with Crippen LogP contribution in [0.25, 0.3) is 0 Å². The van der Waals surface area contributed by atoms with Gasteiger partial charge in [-0.2, -0.15) is 0 Å². The Bertz CT molecular complexity index is 242. The van der Waals surface area contributed by atoms with Gasteiger partial charge in [-0.25, -0.2) is 0 Å². The molecule has 1 saturated heterocycles. The van der Waals surface area contributed by atoms with Crippen LogP contribution in [0.4, 0.5) is 0 Å². The fourth-order valence-electron chi connectivity index (χ4n) is 2.45. The van der Waals surface area contributed by atoms with Gasteiger partial charge in [-0.05, 0) is 32.1 Å². The van der Waals surface area contributed by atoms with Gasteiger partial charge in [0.25, 0.3) is 0 Å². The first-order chi connectivity index (χ1) is 10.2. The van der Waals surface area contributed by atoms with Gasteiger partial charge in [0, 0.05) is 31.3 Å². The lowest BCUT2D eigenvalue weighted by atomic mass is 9.81. The summed E-state index contributed by atoms with van der Waals surface area (Å²) >= 11 is 0. The smallest absolute Gasteiger partial charge is 0.380 e. The Morgan fingerprint density at radius 2 is 1.33 bits per heavy atom. The highest BCUT2D eigenvalue weighted by molar-refractivity contribution is 6.60. The average Bonchev–Trinajstić information content (AvgIpc) is 2.47. The zero-order valence-corrected chi connectivity index (χ0v) is 15.4. The van der Waals surface area contributed by atoms with E-state index >= 15 is 0 Å². The van der Waals surface area contributed by atoms with Crippen LogP contribution in [0.15, 0.2) is 0 Å². The molecule has 0 N–H and O–H groups in total. The van der Waals surface area contributed by atoms with E-state index in [0.717, 1.165) is 71.2 Å². The van der Waals surface area contributed by atoms with E-state index in [2.05, 4.69) is 27.7 Å². The van der Waals surface area contributed by atoms with E-state index in [-0.39, 0.29) is 0 Å². The van der Waals surface area contributed by atoms with Crippen LogP contribution in [0.2, 0.25) is 6.04 Å². The minimum Gasteiger partial charge on any atom is -0.380 e. The van der Waals surface area contributed by atoms with E-state index in [1.54, 1.807) is 0 Å². The van der Waals surface area contributed by atoms with Gasteiger partial charge in [-0.1, -0.05) is 27.7 Å². The van der Waals surface area contributed by atoms with Crippen molar-refractivity contribution in [3.05, 3.63) is 0 Å². The molecule has 1 heterocycles. The third-order valence-corrected chi connectivity index (χ3v) is 6.90. The van der Waals surface area contributed by atoms with E-state index in [1.807, 2.05) is 0 Å². The molecule has 1 rings (SSSR count). The molecule has 4 nitrogen and oxygen atoms in total. The van der Waals surface area contributed by atoms with Crippen LogP contribution in [0.1, 0.15) is 59.8 Å². The second-order valence-corrected chi connectivity index (χ2v) is 8.81. The van der Waals surface area contributed by atoms with Crippen molar-refractivity contribution in [3.8, 4) is 0 Å². The van der Waals surface area contributed by atoms with Crippen LogP contribution in [0.3, 0.4) is 0 Å². The number of hydrogen-bond donors (Lipinski definition) is 0. The van der Waals surface area contributed by atoms with Gasteiger partial charge in [0.1, 0.15) is 0 Å². The van der Waals surface area contributed by atoms with Crippen molar-refractivity contribution in [2.24, 2.45) is 5.41 Å². The van der Waals surface area contributed by atoms with Crippen molar-refractivity contribution < 1.29 is 18.0 Å². The Hall–Kier alpha value is 0.0569. The van der Waals surface area contributed by atoms with E-state index < -0.39 is 8.80 Å². The molecule has 0 radical (unpaired) electrons. The highest BCUT2D eigenvalue weighted by atomic mass is 28.4. The molecule has 21 heavy (non-hydrogen) atoms. The average molecular weight is 319 g/mol. The van der Waals surface area contributed by atoms with Gasteiger partial charge < -0.3 is 18.0 Å². The van der Waals surface area contributed by atoms with Crippen molar-refractivity contribution in [3.63, 3.8) is 0 Å². The Morgan fingerprint density at radius 1 is 0.857 bits per heavy atom. The van der Waals surface area contributed by atoms with Crippen LogP contribution in [-0.2, 0) is 18.0 Å². The lowest BCUT2D eigenvalue weighted by Gasteiger charge is -2.42. The van der Waals surface area contributed by atoms with Gasteiger partial charge in [-0.15, -0.1) is 0 Å². The SMILES string of the molecule is CCCO[Si](CCC1(CC)COC1)(OCCC)OCCC. The number of ether oxygens (including phenoxy) is 1. The highest BCUT2D eigenvalue weighted by Crippen LogP contribution is 2.38. The summed E-state index contributed by atoms with van der Waals surface area (Å²) in [5.41, 5.74) is 0.332. The summed E-state index contributed by atoms with van der Waals surface area (Å²) in [6.45, 7) is 12.6. The fraction of sp³-hybridized carbons (Fsp3) is 1.00. The molecule has 0 spiro atoms. The Labute approximate surface area is 131 Å². The molecule has 1 aliphatic heterocycles. The molecule has 0 unspecified atom stereocenters. The maximum Gasteiger partial charge on any atom is 0.500 e. The topological polar surface area (TPSA) is 36.9 Å². The molecular formula is C16H34O4Si. The van der Waals surface area contributed by atoms with Crippen molar-refractivity contribution in [2.75, 3.05) is 33.0 Å². The number of rotatable bonds is 13. The fourth-order valence-corrected chi connectivity index (χ4v) is 5.51. The standard InChI is InChI=1S/C16H34O4Si/c1-5-10-18-21(19-11-6-2,20-12-7-3)13-9-16(8-4)14-17-15-16/h5-15H2,1-4H3. The van der Waals surface area contributed by atoms with Gasteiger partial charge in [0.05, 0.1) is 13.2 Å². The van der Waals surface area contributed by atoms with Gasteiger partial charge in [0.15, 0.2) is 0 Å². The van der Waals surface area contributed by atoms with E-state index in [4.69, 9.17) is 18.0 Å². The molecule has 0 amide bonds. The Balaban J connectivity index is 2.65. The number of hydrogen-bond acceptors (Lipinski definition) is 4. The summed E-state index contributed by atoms with van der Waals surface area (Å²) < 4.78 is 23.9. The van der Waals surface area contributed by atoms with Crippen LogP contribution in [-0.4, -0.2) is 41.8 Å². The Kier molecular flexibility index (Phi) is 9.05. The van der Waals surface area contributed by atoms with Crippen LogP contribution in [0, 0.1) is 5.41 Å². The maximum absolute atomic E-state index is 6.15. The normalized spacial score (nSPS) is 17.7.